The third kappa shape index (κ3) is 8.18. The van der Waals surface area contributed by atoms with Gasteiger partial charge in [-0.3, -0.25) is 4.99 Å². The van der Waals surface area contributed by atoms with E-state index >= 15 is 0 Å². The maximum Gasteiger partial charge on any atom is 0.191 e. The number of hydrogen-bond donors (Lipinski definition) is 2. The van der Waals surface area contributed by atoms with Crippen molar-refractivity contribution < 1.29 is 14.2 Å². The molecular formula is C21H35N3O3. The van der Waals surface area contributed by atoms with Gasteiger partial charge in [0, 0.05) is 51.4 Å². The molecule has 1 aliphatic heterocycles. The van der Waals surface area contributed by atoms with E-state index in [1.54, 1.807) is 7.05 Å². The molecule has 1 atom stereocenters. The number of aryl methyl sites for hydroxylation is 1. The molecule has 2 rings (SSSR count). The zero-order valence-corrected chi connectivity index (χ0v) is 17.1. The Morgan fingerprint density at radius 3 is 2.93 bits per heavy atom. The van der Waals surface area contributed by atoms with Crippen molar-refractivity contribution in [3.63, 3.8) is 0 Å². The summed E-state index contributed by atoms with van der Waals surface area (Å²) in [7, 11) is 1.79. The summed E-state index contributed by atoms with van der Waals surface area (Å²) < 4.78 is 16.9. The molecule has 1 aromatic rings. The minimum atomic E-state index is 0.498. The largest absolute Gasteiger partial charge is 0.493 e. The number of ether oxygens (including phenoxy) is 3. The Hall–Kier alpha value is -1.79. The first-order valence-corrected chi connectivity index (χ1v) is 10.0. The van der Waals surface area contributed by atoms with Crippen LogP contribution in [0.15, 0.2) is 23.2 Å². The second kappa shape index (κ2) is 12.6. The lowest BCUT2D eigenvalue weighted by Crippen LogP contribution is -2.37. The molecular weight excluding hydrogens is 342 g/mol. The van der Waals surface area contributed by atoms with Crippen LogP contribution < -0.4 is 15.4 Å². The molecule has 0 aliphatic carbocycles. The van der Waals surface area contributed by atoms with Gasteiger partial charge in [0.05, 0.1) is 13.2 Å². The Morgan fingerprint density at radius 1 is 1.30 bits per heavy atom. The van der Waals surface area contributed by atoms with Crippen LogP contribution in [-0.4, -0.2) is 52.6 Å². The molecule has 27 heavy (non-hydrogen) atoms. The summed E-state index contributed by atoms with van der Waals surface area (Å²) in [6, 6.07) is 6.35. The van der Waals surface area contributed by atoms with E-state index in [4.69, 9.17) is 14.2 Å². The molecule has 6 nitrogen and oxygen atoms in total. The van der Waals surface area contributed by atoms with E-state index < -0.39 is 0 Å². The summed E-state index contributed by atoms with van der Waals surface area (Å²) in [6.45, 7) is 9.64. The highest BCUT2D eigenvalue weighted by Gasteiger charge is 2.17. The monoisotopic (exact) mass is 377 g/mol. The van der Waals surface area contributed by atoms with Crippen LogP contribution in [0.25, 0.3) is 0 Å². The normalized spacial score (nSPS) is 17.1. The van der Waals surface area contributed by atoms with Crippen LogP contribution in [0.4, 0.5) is 0 Å². The second-order valence-corrected chi connectivity index (χ2v) is 6.91. The van der Waals surface area contributed by atoms with Gasteiger partial charge in [-0.25, -0.2) is 0 Å². The molecule has 0 saturated carbocycles. The molecule has 0 bridgehead atoms. The molecule has 1 aliphatic rings. The van der Waals surface area contributed by atoms with Crippen LogP contribution in [-0.2, 0) is 16.0 Å². The number of guanidine groups is 1. The van der Waals surface area contributed by atoms with E-state index in [0.29, 0.717) is 19.1 Å². The smallest absolute Gasteiger partial charge is 0.191 e. The fraction of sp³-hybridized carbons (Fsp3) is 0.667. The fourth-order valence-electron chi connectivity index (χ4n) is 2.94. The second-order valence-electron chi connectivity index (χ2n) is 6.91. The highest BCUT2D eigenvalue weighted by atomic mass is 16.5. The van der Waals surface area contributed by atoms with E-state index in [-0.39, 0.29) is 0 Å². The summed E-state index contributed by atoms with van der Waals surface area (Å²) in [5.74, 6) is 2.25. The van der Waals surface area contributed by atoms with Crippen LogP contribution in [0.3, 0.4) is 0 Å². The first-order valence-electron chi connectivity index (χ1n) is 10.0. The lowest BCUT2D eigenvalue weighted by molar-refractivity contribution is 0.143. The van der Waals surface area contributed by atoms with E-state index in [0.717, 1.165) is 69.5 Å². The zero-order chi connectivity index (χ0) is 19.3. The number of benzene rings is 1. The van der Waals surface area contributed by atoms with Gasteiger partial charge in [-0.1, -0.05) is 12.1 Å². The van der Waals surface area contributed by atoms with Crippen LogP contribution in [0.2, 0.25) is 0 Å². The Morgan fingerprint density at radius 2 is 2.19 bits per heavy atom. The van der Waals surface area contributed by atoms with Crippen molar-refractivity contribution >= 4 is 5.96 Å². The number of nitrogens with zero attached hydrogens (tertiary/aromatic N) is 1. The van der Waals surface area contributed by atoms with Crippen LogP contribution >= 0.6 is 0 Å². The SMILES string of the molecule is CCOCCCCNC(=NC)NCc1ccc(C)cc1OCC1CCOC1. The summed E-state index contributed by atoms with van der Waals surface area (Å²) >= 11 is 0. The third-order valence-electron chi connectivity index (χ3n) is 4.60. The molecule has 6 heteroatoms. The maximum atomic E-state index is 6.11. The van der Waals surface area contributed by atoms with Gasteiger partial charge < -0.3 is 24.8 Å². The minimum absolute atomic E-state index is 0.498. The molecule has 1 unspecified atom stereocenters. The van der Waals surface area contributed by atoms with Gasteiger partial charge in [-0.05, 0) is 44.7 Å². The highest BCUT2D eigenvalue weighted by Crippen LogP contribution is 2.22. The van der Waals surface area contributed by atoms with E-state index in [2.05, 4.69) is 40.7 Å². The molecule has 0 spiro atoms. The molecule has 0 aromatic heterocycles. The average Bonchev–Trinajstić information content (AvgIpc) is 3.20. The molecule has 0 radical (unpaired) electrons. The Balaban J connectivity index is 1.78. The number of hydrogen-bond acceptors (Lipinski definition) is 4. The Bertz CT molecular complexity index is 572. The zero-order valence-electron chi connectivity index (χ0n) is 17.1. The molecule has 152 valence electrons. The molecule has 1 aromatic carbocycles. The fourth-order valence-corrected chi connectivity index (χ4v) is 2.94. The number of nitrogens with one attached hydrogen (secondary N) is 2. The van der Waals surface area contributed by atoms with Crippen LogP contribution in [0, 0.1) is 12.8 Å². The van der Waals surface area contributed by atoms with Gasteiger partial charge in [0.15, 0.2) is 5.96 Å². The average molecular weight is 378 g/mol. The summed E-state index contributed by atoms with van der Waals surface area (Å²) in [6.07, 6.45) is 3.20. The summed E-state index contributed by atoms with van der Waals surface area (Å²) in [4.78, 5) is 4.30. The predicted molar refractivity (Wildman–Crippen MR) is 110 cm³/mol. The van der Waals surface area contributed by atoms with Crippen molar-refractivity contribution in [3.8, 4) is 5.75 Å². The van der Waals surface area contributed by atoms with E-state index in [9.17, 15) is 0 Å². The summed E-state index contributed by atoms with van der Waals surface area (Å²) in [5, 5.41) is 6.73. The number of aliphatic imine (C=N–C) groups is 1. The van der Waals surface area contributed by atoms with Gasteiger partial charge >= 0.3 is 0 Å². The van der Waals surface area contributed by atoms with Gasteiger partial charge in [-0.15, -0.1) is 0 Å². The van der Waals surface area contributed by atoms with Crippen molar-refractivity contribution in [2.75, 3.05) is 46.6 Å². The summed E-state index contributed by atoms with van der Waals surface area (Å²) in [5.41, 5.74) is 2.34. The molecule has 1 saturated heterocycles. The van der Waals surface area contributed by atoms with Crippen molar-refractivity contribution in [1.82, 2.24) is 10.6 Å². The highest BCUT2D eigenvalue weighted by molar-refractivity contribution is 5.79. The Labute approximate surface area is 163 Å². The topological polar surface area (TPSA) is 64.1 Å². The van der Waals surface area contributed by atoms with E-state index in [1.165, 1.54) is 5.56 Å². The van der Waals surface area contributed by atoms with Crippen molar-refractivity contribution in [2.24, 2.45) is 10.9 Å². The van der Waals surface area contributed by atoms with Gasteiger partial charge in [-0.2, -0.15) is 0 Å². The lowest BCUT2D eigenvalue weighted by Gasteiger charge is -2.17. The first-order chi connectivity index (χ1) is 13.2. The van der Waals surface area contributed by atoms with Crippen molar-refractivity contribution in [2.45, 2.75) is 39.7 Å². The molecule has 0 amide bonds. The predicted octanol–water partition coefficient (Wildman–Crippen LogP) is 2.89. The van der Waals surface area contributed by atoms with Gasteiger partial charge in [0.1, 0.15) is 5.75 Å². The van der Waals surface area contributed by atoms with Crippen LogP contribution in [0.1, 0.15) is 37.3 Å². The number of rotatable bonds is 11. The third-order valence-corrected chi connectivity index (χ3v) is 4.60. The van der Waals surface area contributed by atoms with Gasteiger partial charge in [0.2, 0.25) is 0 Å². The standard InChI is InChI=1S/C21H35N3O3/c1-4-25-11-6-5-10-23-21(22-3)24-14-19-8-7-17(2)13-20(19)27-16-18-9-12-26-15-18/h7-8,13,18H,4-6,9-12,14-16H2,1-3H3,(H2,22,23,24). The van der Waals surface area contributed by atoms with Gasteiger partial charge in [0.25, 0.3) is 0 Å². The quantitative estimate of drug-likeness (QED) is 0.353. The molecule has 1 fully saturated rings. The van der Waals surface area contributed by atoms with Crippen LogP contribution in [0.5, 0.6) is 5.75 Å². The Kier molecular flexibility index (Phi) is 10.0. The van der Waals surface area contributed by atoms with Crippen molar-refractivity contribution in [1.29, 1.82) is 0 Å². The van der Waals surface area contributed by atoms with E-state index in [1.807, 2.05) is 6.92 Å². The maximum absolute atomic E-state index is 6.11. The minimum Gasteiger partial charge on any atom is -0.493 e. The molecule has 2 N–H and O–H groups in total. The van der Waals surface area contributed by atoms with Crippen molar-refractivity contribution in [3.05, 3.63) is 29.3 Å². The lowest BCUT2D eigenvalue weighted by atomic mass is 10.1. The molecule has 1 heterocycles. The first kappa shape index (κ1) is 21.5. The number of unbranched alkanes of at least 4 members (excludes halogenated alkanes) is 1.